The van der Waals surface area contributed by atoms with Gasteiger partial charge >= 0.3 is 0 Å². The first-order valence-corrected chi connectivity index (χ1v) is 9.56. The van der Waals surface area contributed by atoms with E-state index in [4.69, 9.17) is 9.47 Å². The van der Waals surface area contributed by atoms with Crippen molar-refractivity contribution in [1.29, 1.82) is 0 Å². The molecule has 152 valence electrons. The largest absolute Gasteiger partial charge is 0.493 e. The lowest BCUT2D eigenvalue weighted by atomic mass is 10.2. The van der Waals surface area contributed by atoms with E-state index in [0.29, 0.717) is 24.6 Å². The second-order valence-corrected chi connectivity index (χ2v) is 6.33. The van der Waals surface area contributed by atoms with Gasteiger partial charge in [-0.05, 0) is 42.8 Å². The lowest BCUT2D eigenvalue weighted by Gasteiger charge is -2.11. The van der Waals surface area contributed by atoms with Gasteiger partial charge < -0.3 is 20.1 Å². The van der Waals surface area contributed by atoms with Crippen molar-refractivity contribution in [2.45, 2.75) is 20.0 Å². The van der Waals surface area contributed by atoms with Crippen LogP contribution in [0.5, 0.6) is 11.5 Å². The van der Waals surface area contributed by atoms with Crippen LogP contribution in [0.15, 0.2) is 65.8 Å². The molecule has 3 rings (SSSR count). The van der Waals surface area contributed by atoms with Crippen molar-refractivity contribution in [2.24, 2.45) is 4.99 Å². The summed E-state index contributed by atoms with van der Waals surface area (Å²) in [4.78, 5) is 4.66. The SMILES string of the molecule is CCNC(=NCc1ccc(OC)c(OC)c1)NCc1ccn(-c2ccccc2)n1. The van der Waals surface area contributed by atoms with E-state index in [0.717, 1.165) is 29.4 Å². The van der Waals surface area contributed by atoms with Crippen LogP contribution in [0, 0.1) is 0 Å². The number of ether oxygens (including phenoxy) is 2. The third-order valence-electron chi connectivity index (χ3n) is 4.31. The predicted molar refractivity (Wildman–Crippen MR) is 115 cm³/mol. The lowest BCUT2D eigenvalue weighted by molar-refractivity contribution is 0.354. The number of aromatic nitrogens is 2. The molecule has 0 aliphatic heterocycles. The highest BCUT2D eigenvalue weighted by molar-refractivity contribution is 5.79. The predicted octanol–water partition coefficient (Wildman–Crippen LogP) is 3.14. The molecule has 0 radical (unpaired) electrons. The number of para-hydroxylation sites is 1. The number of nitrogens with one attached hydrogen (secondary N) is 2. The van der Waals surface area contributed by atoms with Crippen molar-refractivity contribution in [3.8, 4) is 17.2 Å². The number of aliphatic imine (C=N–C) groups is 1. The zero-order valence-electron chi connectivity index (χ0n) is 17.1. The highest BCUT2D eigenvalue weighted by Gasteiger charge is 2.06. The smallest absolute Gasteiger partial charge is 0.191 e. The molecular formula is C22H27N5O2. The van der Waals surface area contributed by atoms with E-state index in [1.807, 2.05) is 72.4 Å². The minimum Gasteiger partial charge on any atom is -0.493 e. The number of hydrogen-bond donors (Lipinski definition) is 2. The summed E-state index contributed by atoms with van der Waals surface area (Å²) >= 11 is 0. The molecule has 0 aliphatic rings. The zero-order chi connectivity index (χ0) is 20.5. The molecule has 1 heterocycles. The Morgan fingerprint density at radius 3 is 2.52 bits per heavy atom. The molecule has 0 spiro atoms. The molecule has 0 bridgehead atoms. The molecule has 0 fully saturated rings. The van der Waals surface area contributed by atoms with Crippen molar-refractivity contribution in [1.82, 2.24) is 20.4 Å². The van der Waals surface area contributed by atoms with Crippen LogP contribution < -0.4 is 20.1 Å². The maximum absolute atomic E-state index is 5.36. The van der Waals surface area contributed by atoms with Crippen LogP contribution in [0.4, 0.5) is 0 Å². The van der Waals surface area contributed by atoms with Gasteiger partial charge in [-0.3, -0.25) is 0 Å². The summed E-state index contributed by atoms with van der Waals surface area (Å²) in [6.07, 6.45) is 1.96. The van der Waals surface area contributed by atoms with E-state index in [2.05, 4.69) is 20.7 Å². The highest BCUT2D eigenvalue weighted by atomic mass is 16.5. The minimum absolute atomic E-state index is 0.522. The molecular weight excluding hydrogens is 366 g/mol. The average Bonchev–Trinajstić information content (AvgIpc) is 3.25. The number of guanidine groups is 1. The van der Waals surface area contributed by atoms with Crippen LogP contribution in [0.2, 0.25) is 0 Å². The topological polar surface area (TPSA) is 72.7 Å². The Kier molecular flexibility index (Phi) is 7.10. The molecule has 0 atom stereocenters. The normalized spacial score (nSPS) is 11.2. The Morgan fingerprint density at radius 1 is 1.00 bits per heavy atom. The van der Waals surface area contributed by atoms with E-state index in [9.17, 15) is 0 Å². The first-order chi connectivity index (χ1) is 14.2. The van der Waals surface area contributed by atoms with Gasteiger partial charge in [0.25, 0.3) is 0 Å². The van der Waals surface area contributed by atoms with Crippen molar-refractivity contribution in [3.05, 3.63) is 72.1 Å². The summed E-state index contributed by atoms with van der Waals surface area (Å²) in [5.41, 5.74) is 3.01. The number of nitrogens with zero attached hydrogens (tertiary/aromatic N) is 3. The van der Waals surface area contributed by atoms with Gasteiger partial charge in [-0.1, -0.05) is 24.3 Å². The molecule has 7 nitrogen and oxygen atoms in total. The van der Waals surface area contributed by atoms with Crippen molar-refractivity contribution in [3.63, 3.8) is 0 Å². The van der Waals surface area contributed by atoms with Gasteiger partial charge in [0.15, 0.2) is 17.5 Å². The monoisotopic (exact) mass is 393 g/mol. The molecule has 0 saturated heterocycles. The summed E-state index contributed by atoms with van der Waals surface area (Å²) in [5, 5.41) is 11.2. The molecule has 0 amide bonds. The Hall–Kier alpha value is -3.48. The first kappa shape index (κ1) is 20.3. The molecule has 0 unspecified atom stereocenters. The molecule has 3 aromatic rings. The zero-order valence-corrected chi connectivity index (χ0v) is 17.1. The first-order valence-electron chi connectivity index (χ1n) is 9.56. The Bertz CT molecular complexity index is 937. The van der Waals surface area contributed by atoms with Crippen LogP contribution >= 0.6 is 0 Å². The molecule has 29 heavy (non-hydrogen) atoms. The minimum atomic E-state index is 0.522. The van der Waals surface area contributed by atoms with E-state index < -0.39 is 0 Å². The average molecular weight is 393 g/mol. The maximum Gasteiger partial charge on any atom is 0.191 e. The van der Waals surface area contributed by atoms with Gasteiger partial charge in [0, 0.05) is 12.7 Å². The maximum atomic E-state index is 5.36. The number of hydrogen-bond acceptors (Lipinski definition) is 4. The van der Waals surface area contributed by atoms with Crippen molar-refractivity contribution < 1.29 is 9.47 Å². The van der Waals surface area contributed by atoms with E-state index >= 15 is 0 Å². The van der Waals surface area contributed by atoms with Gasteiger partial charge in [-0.15, -0.1) is 0 Å². The molecule has 7 heteroatoms. The van der Waals surface area contributed by atoms with Crippen molar-refractivity contribution >= 4 is 5.96 Å². The van der Waals surface area contributed by atoms with Crippen LogP contribution in [0.25, 0.3) is 5.69 Å². The number of benzene rings is 2. The quantitative estimate of drug-likeness (QED) is 0.454. The molecule has 0 saturated carbocycles. The molecule has 2 N–H and O–H groups in total. The van der Waals surface area contributed by atoms with E-state index in [1.54, 1.807) is 14.2 Å². The van der Waals surface area contributed by atoms with Gasteiger partial charge in [0.2, 0.25) is 0 Å². The van der Waals surface area contributed by atoms with E-state index in [1.165, 1.54) is 0 Å². The third kappa shape index (κ3) is 5.51. The summed E-state index contributed by atoms with van der Waals surface area (Å²) in [6, 6.07) is 17.9. The molecule has 2 aromatic carbocycles. The number of rotatable bonds is 8. The van der Waals surface area contributed by atoms with Gasteiger partial charge in [-0.2, -0.15) is 5.10 Å². The summed E-state index contributed by atoms with van der Waals surface area (Å²) in [6.45, 7) is 3.92. The standard InChI is InChI=1S/C22H27N5O2/c1-4-23-22(24-15-17-10-11-20(28-2)21(14-17)29-3)25-16-18-12-13-27(26-18)19-8-6-5-7-9-19/h5-14H,4,15-16H2,1-3H3,(H2,23,24,25). The second kappa shape index (κ2) is 10.2. The summed E-state index contributed by atoms with van der Waals surface area (Å²) in [7, 11) is 3.26. The Morgan fingerprint density at radius 2 is 1.79 bits per heavy atom. The molecule has 1 aromatic heterocycles. The van der Waals surface area contributed by atoms with E-state index in [-0.39, 0.29) is 0 Å². The number of methoxy groups -OCH3 is 2. The fourth-order valence-corrected chi connectivity index (χ4v) is 2.85. The second-order valence-electron chi connectivity index (χ2n) is 6.33. The summed E-state index contributed by atoms with van der Waals surface area (Å²) in [5.74, 6) is 2.14. The van der Waals surface area contributed by atoms with Crippen LogP contribution in [0.3, 0.4) is 0 Å². The lowest BCUT2D eigenvalue weighted by Crippen LogP contribution is -2.36. The third-order valence-corrected chi connectivity index (χ3v) is 4.31. The van der Waals surface area contributed by atoms with Crippen LogP contribution in [0.1, 0.15) is 18.2 Å². The highest BCUT2D eigenvalue weighted by Crippen LogP contribution is 2.27. The van der Waals surface area contributed by atoms with Crippen LogP contribution in [-0.2, 0) is 13.1 Å². The van der Waals surface area contributed by atoms with Gasteiger partial charge in [-0.25, -0.2) is 9.67 Å². The molecule has 0 aliphatic carbocycles. The van der Waals surface area contributed by atoms with Gasteiger partial charge in [0.1, 0.15) is 0 Å². The Balaban J connectivity index is 1.63. The summed E-state index contributed by atoms with van der Waals surface area (Å²) < 4.78 is 12.5. The fraction of sp³-hybridized carbons (Fsp3) is 0.273. The Labute approximate surface area is 171 Å². The van der Waals surface area contributed by atoms with Gasteiger partial charge in [0.05, 0.1) is 38.7 Å². The van der Waals surface area contributed by atoms with Crippen molar-refractivity contribution in [2.75, 3.05) is 20.8 Å². The fourth-order valence-electron chi connectivity index (χ4n) is 2.85. The van der Waals surface area contributed by atoms with Crippen LogP contribution in [-0.4, -0.2) is 36.5 Å².